The summed E-state index contributed by atoms with van der Waals surface area (Å²) >= 11 is 0. The second-order valence-electron chi connectivity index (χ2n) is 5.39. The van der Waals surface area contributed by atoms with Crippen molar-refractivity contribution in [2.45, 2.75) is 38.1 Å². The average Bonchev–Trinajstić information content (AvgIpc) is 2.90. The van der Waals surface area contributed by atoms with E-state index in [0.29, 0.717) is 35.7 Å². The number of aromatic nitrogens is 2. The van der Waals surface area contributed by atoms with Gasteiger partial charge in [0, 0.05) is 18.4 Å². The second kappa shape index (κ2) is 5.71. The summed E-state index contributed by atoms with van der Waals surface area (Å²) in [7, 11) is 0. The van der Waals surface area contributed by atoms with E-state index in [1.165, 1.54) is 6.07 Å². The lowest BCUT2D eigenvalue weighted by atomic mass is 9.93. The summed E-state index contributed by atoms with van der Waals surface area (Å²) in [4.78, 5) is 4.43. The zero-order chi connectivity index (χ0) is 13.9. The Kier molecular flexibility index (Phi) is 3.78. The van der Waals surface area contributed by atoms with Crippen LogP contribution in [0.5, 0.6) is 0 Å². The monoisotopic (exact) mass is 275 g/mol. The van der Waals surface area contributed by atoms with E-state index in [2.05, 4.69) is 22.4 Å². The van der Waals surface area contributed by atoms with Gasteiger partial charge in [0.15, 0.2) is 5.82 Å². The highest BCUT2D eigenvalue weighted by molar-refractivity contribution is 5.20. The van der Waals surface area contributed by atoms with E-state index in [-0.39, 0.29) is 5.82 Å². The molecule has 0 amide bonds. The topological polar surface area (TPSA) is 51.0 Å². The van der Waals surface area contributed by atoms with Gasteiger partial charge < -0.3 is 9.84 Å². The fraction of sp³-hybridized carbons (Fsp3) is 0.467. The molecule has 0 radical (unpaired) electrons. The maximum atomic E-state index is 13.6. The van der Waals surface area contributed by atoms with Crippen molar-refractivity contribution in [3.63, 3.8) is 0 Å². The van der Waals surface area contributed by atoms with Crippen molar-refractivity contribution < 1.29 is 8.91 Å². The van der Waals surface area contributed by atoms with Crippen LogP contribution in [0.1, 0.15) is 43.0 Å². The van der Waals surface area contributed by atoms with Crippen molar-refractivity contribution in [2.24, 2.45) is 0 Å². The first kappa shape index (κ1) is 13.2. The van der Waals surface area contributed by atoms with Crippen LogP contribution >= 0.6 is 0 Å². The molecular formula is C15H18FN3O. The molecule has 1 aliphatic heterocycles. The molecule has 2 aromatic rings. The summed E-state index contributed by atoms with van der Waals surface area (Å²) in [6.07, 6.45) is 2.38. The van der Waals surface area contributed by atoms with Crippen LogP contribution in [0.25, 0.3) is 0 Å². The van der Waals surface area contributed by atoms with Crippen LogP contribution in [0.15, 0.2) is 28.8 Å². The van der Waals surface area contributed by atoms with Crippen LogP contribution in [0, 0.1) is 5.82 Å². The van der Waals surface area contributed by atoms with Gasteiger partial charge in [-0.05, 0) is 37.9 Å². The second-order valence-corrected chi connectivity index (χ2v) is 5.39. The smallest absolute Gasteiger partial charge is 0.229 e. The predicted molar refractivity (Wildman–Crippen MR) is 72.9 cm³/mol. The molecule has 1 aliphatic rings. The van der Waals surface area contributed by atoms with E-state index in [9.17, 15) is 4.39 Å². The van der Waals surface area contributed by atoms with Crippen molar-refractivity contribution in [3.8, 4) is 0 Å². The molecule has 1 aromatic carbocycles. The van der Waals surface area contributed by atoms with E-state index in [1.807, 2.05) is 6.07 Å². The molecule has 1 aromatic heterocycles. The van der Waals surface area contributed by atoms with Crippen LogP contribution in [0.2, 0.25) is 0 Å². The number of piperidine rings is 1. The first-order valence-corrected chi connectivity index (χ1v) is 7.01. The van der Waals surface area contributed by atoms with Gasteiger partial charge in [-0.25, -0.2) is 4.39 Å². The van der Waals surface area contributed by atoms with Gasteiger partial charge in [-0.2, -0.15) is 4.98 Å². The van der Waals surface area contributed by atoms with Crippen molar-refractivity contribution in [1.29, 1.82) is 0 Å². The Morgan fingerprint density at radius 1 is 1.40 bits per heavy atom. The Bertz CT molecular complexity index is 584. The molecule has 2 atom stereocenters. The molecule has 1 fully saturated rings. The molecule has 3 rings (SSSR count). The molecule has 0 aliphatic carbocycles. The van der Waals surface area contributed by atoms with Gasteiger partial charge in [0.25, 0.3) is 0 Å². The average molecular weight is 275 g/mol. The third-order valence-corrected chi connectivity index (χ3v) is 3.76. The molecule has 1 saturated heterocycles. The number of hydrogen-bond acceptors (Lipinski definition) is 4. The maximum absolute atomic E-state index is 13.6. The Balaban J connectivity index is 1.72. The third kappa shape index (κ3) is 2.88. The zero-order valence-electron chi connectivity index (χ0n) is 11.5. The normalized spacial score (nSPS) is 22.9. The molecule has 0 saturated carbocycles. The number of halogens is 1. The van der Waals surface area contributed by atoms with Gasteiger partial charge >= 0.3 is 0 Å². The number of hydrogen-bond donors (Lipinski definition) is 1. The van der Waals surface area contributed by atoms with Gasteiger partial charge in [-0.15, -0.1) is 0 Å². The third-order valence-electron chi connectivity index (χ3n) is 3.76. The minimum absolute atomic E-state index is 0.227. The first-order chi connectivity index (χ1) is 9.72. The lowest BCUT2D eigenvalue weighted by molar-refractivity contribution is 0.294. The lowest BCUT2D eigenvalue weighted by Gasteiger charge is -2.25. The Hall–Kier alpha value is -1.75. The van der Waals surface area contributed by atoms with Crippen molar-refractivity contribution in [2.75, 3.05) is 6.54 Å². The number of rotatable bonds is 3. The largest absolute Gasteiger partial charge is 0.339 e. The number of nitrogens with one attached hydrogen (secondary N) is 1. The molecule has 0 bridgehead atoms. The fourth-order valence-corrected chi connectivity index (χ4v) is 2.67. The number of benzene rings is 1. The van der Waals surface area contributed by atoms with Crippen LogP contribution in [-0.4, -0.2) is 22.7 Å². The first-order valence-electron chi connectivity index (χ1n) is 7.01. The molecule has 0 spiro atoms. The van der Waals surface area contributed by atoms with E-state index in [0.717, 1.165) is 19.4 Å². The van der Waals surface area contributed by atoms with Crippen LogP contribution in [-0.2, 0) is 6.42 Å². The summed E-state index contributed by atoms with van der Waals surface area (Å²) < 4.78 is 18.9. The lowest BCUT2D eigenvalue weighted by Crippen LogP contribution is -2.34. The predicted octanol–water partition coefficient (Wildman–Crippen LogP) is 2.66. The summed E-state index contributed by atoms with van der Waals surface area (Å²) in [5, 5.41) is 7.38. The van der Waals surface area contributed by atoms with Gasteiger partial charge in [0.2, 0.25) is 5.89 Å². The molecule has 20 heavy (non-hydrogen) atoms. The van der Waals surface area contributed by atoms with Crippen molar-refractivity contribution in [3.05, 3.63) is 47.4 Å². The van der Waals surface area contributed by atoms with Gasteiger partial charge in [-0.3, -0.25) is 0 Å². The molecule has 106 valence electrons. The zero-order valence-corrected chi connectivity index (χ0v) is 11.5. The SMILES string of the molecule is CC1CC(c2nc(Cc3ccccc3F)no2)CCN1. The van der Waals surface area contributed by atoms with Gasteiger partial charge in [0.05, 0.1) is 0 Å². The van der Waals surface area contributed by atoms with Crippen LogP contribution in [0.3, 0.4) is 0 Å². The van der Waals surface area contributed by atoms with Crippen molar-refractivity contribution in [1.82, 2.24) is 15.5 Å². The molecular weight excluding hydrogens is 257 g/mol. The Labute approximate surface area is 117 Å². The quantitative estimate of drug-likeness (QED) is 0.935. The highest BCUT2D eigenvalue weighted by atomic mass is 19.1. The van der Waals surface area contributed by atoms with E-state index in [1.54, 1.807) is 12.1 Å². The Morgan fingerprint density at radius 3 is 3.05 bits per heavy atom. The minimum atomic E-state index is -0.227. The molecule has 2 unspecified atom stereocenters. The molecule has 2 heterocycles. The summed E-state index contributed by atoms with van der Waals surface area (Å²) in [5.74, 6) is 1.32. The van der Waals surface area contributed by atoms with E-state index >= 15 is 0 Å². The molecule has 5 heteroatoms. The highest BCUT2D eigenvalue weighted by Crippen LogP contribution is 2.26. The summed E-state index contributed by atoms with van der Waals surface area (Å²) in [6.45, 7) is 3.12. The molecule has 4 nitrogen and oxygen atoms in total. The standard InChI is InChI=1S/C15H18FN3O/c1-10-8-12(6-7-17-10)15-18-14(19-20-15)9-11-4-2-3-5-13(11)16/h2-5,10,12,17H,6-9H2,1H3. The highest BCUT2D eigenvalue weighted by Gasteiger charge is 2.25. The van der Waals surface area contributed by atoms with Gasteiger partial charge in [0.1, 0.15) is 5.82 Å². The summed E-state index contributed by atoms with van der Waals surface area (Å²) in [6, 6.07) is 7.16. The Morgan fingerprint density at radius 2 is 2.25 bits per heavy atom. The van der Waals surface area contributed by atoms with Gasteiger partial charge in [-0.1, -0.05) is 23.4 Å². The van der Waals surface area contributed by atoms with Crippen LogP contribution in [0.4, 0.5) is 4.39 Å². The van der Waals surface area contributed by atoms with E-state index in [4.69, 9.17) is 4.52 Å². The number of nitrogens with zero attached hydrogens (tertiary/aromatic N) is 2. The minimum Gasteiger partial charge on any atom is -0.339 e. The fourth-order valence-electron chi connectivity index (χ4n) is 2.67. The van der Waals surface area contributed by atoms with E-state index < -0.39 is 0 Å². The molecule has 1 N–H and O–H groups in total. The maximum Gasteiger partial charge on any atom is 0.229 e. The van der Waals surface area contributed by atoms with Crippen molar-refractivity contribution >= 4 is 0 Å². The van der Waals surface area contributed by atoms with Crippen LogP contribution < -0.4 is 5.32 Å². The summed E-state index contributed by atoms with van der Waals surface area (Å²) in [5.41, 5.74) is 0.596.